The molecule has 3 aromatic rings. The van der Waals surface area contributed by atoms with Gasteiger partial charge in [0.2, 0.25) is 0 Å². The Morgan fingerprint density at radius 2 is 1.61 bits per heavy atom. The molecule has 33 heavy (non-hydrogen) atoms. The summed E-state index contributed by atoms with van der Waals surface area (Å²) in [6, 6.07) is 13.8. The maximum atomic E-state index is 12.7. The summed E-state index contributed by atoms with van der Waals surface area (Å²) in [4.78, 5) is 20.3. The van der Waals surface area contributed by atoms with Crippen LogP contribution in [0.25, 0.3) is 10.6 Å². The van der Waals surface area contributed by atoms with Crippen LogP contribution in [0.15, 0.2) is 64.9 Å². The number of aromatic nitrogens is 1. The van der Waals surface area contributed by atoms with Crippen molar-refractivity contribution >= 4 is 27.1 Å². The van der Waals surface area contributed by atoms with Crippen LogP contribution in [0.4, 0.5) is 13.2 Å². The van der Waals surface area contributed by atoms with Gasteiger partial charge in [-0.25, -0.2) is 13.4 Å². The van der Waals surface area contributed by atoms with Crippen LogP contribution in [0.2, 0.25) is 0 Å². The topological polar surface area (TPSA) is 70.6 Å². The van der Waals surface area contributed by atoms with Crippen molar-refractivity contribution in [2.45, 2.75) is 16.9 Å². The molecule has 0 aliphatic carbocycles. The number of amides is 1. The molecule has 0 N–H and O–H groups in total. The Balaban J connectivity index is 1.34. The highest BCUT2D eigenvalue weighted by molar-refractivity contribution is 7.92. The van der Waals surface area contributed by atoms with E-state index in [2.05, 4.69) is 9.88 Å². The molecule has 1 aromatic heterocycles. The maximum Gasteiger partial charge on any atom is 0.501 e. The van der Waals surface area contributed by atoms with E-state index in [9.17, 15) is 26.4 Å². The van der Waals surface area contributed by atoms with Crippen LogP contribution in [0.5, 0.6) is 0 Å². The first-order valence-corrected chi connectivity index (χ1v) is 12.4. The first-order valence-electron chi connectivity index (χ1n) is 10.1. The predicted molar refractivity (Wildman–Crippen MR) is 118 cm³/mol. The maximum absolute atomic E-state index is 12.7. The predicted octanol–water partition coefficient (Wildman–Crippen LogP) is 4.06. The molecule has 4 rings (SSSR count). The number of carbonyl (C=O) groups excluding carboxylic acids is 1. The van der Waals surface area contributed by atoms with E-state index in [1.807, 2.05) is 35.7 Å². The minimum Gasteiger partial charge on any atom is -0.336 e. The standard InChI is InChI=1S/C22H20F3N3O3S2/c23-22(24,25)33(30,31)19-8-6-17(7-9-19)21(29)28-12-10-27(11-13-28)14-18-15-32-20(26-18)16-4-2-1-3-5-16/h1-9,15H,10-14H2. The van der Waals surface area contributed by atoms with E-state index in [0.717, 1.165) is 40.5 Å². The zero-order chi connectivity index (χ0) is 23.6. The molecule has 0 bridgehead atoms. The van der Waals surface area contributed by atoms with E-state index in [1.54, 1.807) is 16.2 Å². The number of carbonyl (C=O) groups is 1. The lowest BCUT2D eigenvalue weighted by Gasteiger charge is -2.34. The number of hydrogen-bond acceptors (Lipinski definition) is 6. The molecular weight excluding hydrogens is 475 g/mol. The van der Waals surface area contributed by atoms with Gasteiger partial charge in [0.15, 0.2) is 0 Å². The van der Waals surface area contributed by atoms with Crippen molar-refractivity contribution in [3.63, 3.8) is 0 Å². The number of benzene rings is 2. The Morgan fingerprint density at radius 1 is 0.970 bits per heavy atom. The molecule has 0 unspecified atom stereocenters. The fourth-order valence-electron chi connectivity index (χ4n) is 3.52. The van der Waals surface area contributed by atoms with Crippen LogP contribution in [-0.4, -0.2) is 60.8 Å². The van der Waals surface area contributed by atoms with Crippen LogP contribution < -0.4 is 0 Å². The van der Waals surface area contributed by atoms with Gasteiger partial charge in [0, 0.05) is 49.2 Å². The summed E-state index contributed by atoms with van der Waals surface area (Å²) >= 11 is 1.58. The quantitative estimate of drug-likeness (QED) is 0.534. The number of piperazine rings is 1. The second kappa shape index (κ2) is 9.24. The van der Waals surface area contributed by atoms with Crippen LogP contribution in [0.3, 0.4) is 0 Å². The van der Waals surface area contributed by atoms with Crippen LogP contribution in [0, 0.1) is 0 Å². The third-order valence-electron chi connectivity index (χ3n) is 5.33. The second-order valence-electron chi connectivity index (χ2n) is 7.55. The van der Waals surface area contributed by atoms with Crippen molar-refractivity contribution in [1.82, 2.24) is 14.8 Å². The Kier molecular flexibility index (Phi) is 6.55. The van der Waals surface area contributed by atoms with Gasteiger partial charge < -0.3 is 4.90 Å². The van der Waals surface area contributed by atoms with E-state index in [4.69, 9.17) is 0 Å². The van der Waals surface area contributed by atoms with Gasteiger partial charge in [0.25, 0.3) is 15.7 Å². The monoisotopic (exact) mass is 495 g/mol. The van der Waals surface area contributed by atoms with Crippen molar-refractivity contribution < 1.29 is 26.4 Å². The van der Waals surface area contributed by atoms with E-state index >= 15 is 0 Å². The molecular formula is C22H20F3N3O3S2. The first kappa shape index (κ1) is 23.4. The molecule has 0 radical (unpaired) electrons. The zero-order valence-corrected chi connectivity index (χ0v) is 19.0. The summed E-state index contributed by atoms with van der Waals surface area (Å²) in [6.07, 6.45) is 0. The third-order valence-corrected chi connectivity index (χ3v) is 7.78. The molecule has 1 aliphatic rings. The molecule has 6 nitrogen and oxygen atoms in total. The Hall–Kier alpha value is -2.76. The molecule has 11 heteroatoms. The average Bonchev–Trinajstić information content (AvgIpc) is 3.27. The highest BCUT2D eigenvalue weighted by Gasteiger charge is 2.46. The minimum absolute atomic E-state index is 0.150. The normalized spacial score (nSPS) is 15.5. The van der Waals surface area contributed by atoms with E-state index in [-0.39, 0.29) is 11.5 Å². The van der Waals surface area contributed by atoms with E-state index in [0.29, 0.717) is 32.7 Å². The molecule has 2 aromatic carbocycles. The summed E-state index contributed by atoms with van der Waals surface area (Å²) < 4.78 is 61.0. The van der Waals surface area contributed by atoms with Crippen LogP contribution in [-0.2, 0) is 16.4 Å². The van der Waals surface area contributed by atoms with Gasteiger partial charge in [-0.15, -0.1) is 11.3 Å². The SMILES string of the molecule is O=C(c1ccc(S(=O)(=O)C(F)(F)F)cc1)N1CCN(Cc2csc(-c3ccccc3)n2)CC1. The fourth-order valence-corrected chi connectivity index (χ4v) is 5.10. The molecule has 1 saturated heterocycles. The van der Waals surface area contributed by atoms with Crippen molar-refractivity contribution in [1.29, 1.82) is 0 Å². The lowest BCUT2D eigenvalue weighted by Crippen LogP contribution is -2.48. The van der Waals surface area contributed by atoms with Gasteiger partial charge in [-0.05, 0) is 24.3 Å². The summed E-state index contributed by atoms with van der Waals surface area (Å²) in [5.41, 5.74) is -3.21. The van der Waals surface area contributed by atoms with E-state index in [1.165, 1.54) is 0 Å². The Bertz CT molecular complexity index is 1220. The zero-order valence-electron chi connectivity index (χ0n) is 17.3. The van der Waals surface area contributed by atoms with Gasteiger partial charge in [-0.3, -0.25) is 9.69 Å². The van der Waals surface area contributed by atoms with E-state index < -0.39 is 20.2 Å². The third kappa shape index (κ3) is 5.10. The molecule has 2 heterocycles. The van der Waals surface area contributed by atoms with Gasteiger partial charge >= 0.3 is 5.51 Å². The average molecular weight is 496 g/mol. The summed E-state index contributed by atoms with van der Waals surface area (Å²) in [5.74, 6) is -0.342. The number of alkyl halides is 3. The summed E-state index contributed by atoms with van der Waals surface area (Å²) in [7, 11) is -5.43. The molecule has 0 atom stereocenters. The van der Waals surface area contributed by atoms with Gasteiger partial charge in [-0.1, -0.05) is 30.3 Å². The van der Waals surface area contributed by atoms with Crippen molar-refractivity contribution in [3.05, 3.63) is 71.2 Å². The first-order chi connectivity index (χ1) is 15.6. The van der Waals surface area contributed by atoms with Gasteiger partial charge in [-0.2, -0.15) is 13.2 Å². The van der Waals surface area contributed by atoms with Crippen molar-refractivity contribution in [2.75, 3.05) is 26.2 Å². The highest BCUT2D eigenvalue weighted by atomic mass is 32.2. The largest absolute Gasteiger partial charge is 0.501 e. The number of rotatable bonds is 5. The Morgan fingerprint density at radius 3 is 2.21 bits per heavy atom. The highest BCUT2D eigenvalue weighted by Crippen LogP contribution is 2.30. The Labute approximate surface area is 193 Å². The van der Waals surface area contributed by atoms with Crippen molar-refractivity contribution in [3.8, 4) is 10.6 Å². The summed E-state index contributed by atoms with van der Waals surface area (Å²) in [6.45, 7) is 2.83. The smallest absolute Gasteiger partial charge is 0.336 e. The lowest BCUT2D eigenvalue weighted by atomic mass is 10.2. The van der Waals surface area contributed by atoms with Crippen LogP contribution >= 0.6 is 11.3 Å². The fraction of sp³-hybridized carbons (Fsp3) is 0.273. The van der Waals surface area contributed by atoms with Crippen LogP contribution in [0.1, 0.15) is 16.1 Å². The lowest BCUT2D eigenvalue weighted by molar-refractivity contribution is -0.0436. The molecule has 1 amide bonds. The number of sulfone groups is 1. The molecule has 0 spiro atoms. The molecule has 174 valence electrons. The van der Waals surface area contributed by atoms with Crippen molar-refractivity contribution in [2.24, 2.45) is 0 Å². The number of thiazole rings is 1. The van der Waals surface area contributed by atoms with Gasteiger partial charge in [0.1, 0.15) is 5.01 Å². The number of nitrogens with zero attached hydrogens (tertiary/aromatic N) is 3. The second-order valence-corrected chi connectivity index (χ2v) is 10.4. The molecule has 0 saturated carbocycles. The molecule has 1 aliphatic heterocycles. The summed E-state index contributed by atoms with van der Waals surface area (Å²) in [5, 5.41) is 2.98. The number of halogens is 3. The number of hydrogen-bond donors (Lipinski definition) is 0. The minimum atomic E-state index is -5.43. The molecule has 1 fully saturated rings. The van der Waals surface area contributed by atoms with Gasteiger partial charge in [0.05, 0.1) is 10.6 Å².